The lowest BCUT2D eigenvalue weighted by molar-refractivity contribution is -0.136. The Morgan fingerprint density at radius 3 is 2.31 bits per heavy atom. The van der Waals surface area contributed by atoms with E-state index in [9.17, 15) is 9.59 Å². The monoisotopic (exact) mass is 218 g/mol. The largest absolute Gasteiger partial charge is 0.345 e. The molecule has 2 rings (SSSR count). The molecule has 0 aliphatic heterocycles. The maximum atomic E-state index is 11.4. The maximum Gasteiger partial charge on any atom is 0.313 e. The van der Waals surface area contributed by atoms with E-state index in [0.717, 1.165) is 18.4 Å². The molecule has 2 N–H and O–H groups in total. The van der Waals surface area contributed by atoms with Gasteiger partial charge in [-0.05, 0) is 31.9 Å². The molecule has 0 saturated heterocycles. The van der Waals surface area contributed by atoms with E-state index in [2.05, 4.69) is 10.6 Å². The van der Waals surface area contributed by atoms with Gasteiger partial charge in [0, 0.05) is 11.7 Å². The molecule has 0 spiro atoms. The van der Waals surface area contributed by atoms with Gasteiger partial charge in [0.2, 0.25) is 0 Å². The van der Waals surface area contributed by atoms with Crippen LogP contribution in [0.15, 0.2) is 24.3 Å². The number of carbonyl (C=O) groups is 2. The molecule has 0 aromatic heterocycles. The fourth-order valence-electron chi connectivity index (χ4n) is 1.30. The predicted octanol–water partition coefficient (Wildman–Crippen LogP) is 1.21. The number of rotatable bonds is 2. The quantitative estimate of drug-likeness (QED) is 0.733. The van der Waals surface area contributed by atoms with Crippen LogP contribution in [0, 0.1) is 6.92 Å². The Balaban J connectivity index is 1.90. The summed E-state index contributed by atoms with van der Waals surface area (Å²) in [5.41, 5.74) is 1.75. The Morgan fingerprint density at radius 2 is 1.75 bits per heavy atom. The average molecular weight is 218 g/mol. The number of aryl methyl sites for hydroxylation is 1. The number of benzene rings is 1. The van der Waals surface area contributed by atoms with Gasteiger partial charge in [0.15, 0.2) is 0 Å². The average Bonchev–Trinajstić information content (AvgIpc) is 3.05. The van der Waals surface area contributed by atoms with Gasteiger partial charge < -0.3 is 10.6 Å². The van der Waals surface area contributed by atoms with Crippen molar-refractivity contribution in [3.05, 3.63) is 29.8 Å². The number of nitrogens with one attached hydrogen (secondary N) is 2. The van der Waals surface area contributed by atoms with E-state index in [-0.39, 0.29) is 6.04 Å². The van der Waals surface area contributed by atoms with Crippen molar-refractivity contribution < 1.29 is 9.59 Å². The Kier molecular flexibility index (Phi) is 2.90. The van der Waals surface area contributed by atoms with Crippen LogP contribution in [-0.2, 0) is 9.59 Å². The first-order chi connectivity index (χ1) is 7.65. The highest BCUT2D eigenvalue weighted by Gasteiger charge is 2.26. The van der Waals surface area contributed by atoms with Crippen LogP contribution in [0.2, 0.25) is 0 Å². The first-order valence-corrected chi connectivity index (χ1v) is 5.33. The zero-order valence-corrected chi connectivity index (χ0v) is 9.12. The second-order valence-electron chi connectivity index (χ2n) is 4.07. The number of hydrogen-bond donors (Lipinski definition) is 2. The minimum absolute atomic E-state index is 0.205. The van der Waals surface area contributed by atoms with E-state index in [1.54, 1.807) is 12.1 Å². The third-order valence-corrected chi connectivity index (χ3v) is 2.43. The topological polar surface area (TPSA) is 58.2 Å². The first-order valence-electron chi connectivity index (χ1n) is 5.33. The lowest BCUT2D eigenvalue weighted by Gasteiger charge is -2.05. The zero-order valence-electron chi connectivity index (χ0n) is 9.12. The molecular formula is C12H14N2O2. The molecule has 84 valence electrons. The lowest BCUT2D eigenvalue weighted by atomic mass is 10.2. The van der Waals surface area contributed by atoms with Crippen molar-refractivity contribution in [3.8, 4) is 0 Å². The van der Waals surface area contributed by atoms with Crippen molar-refractivity contribution in [2.24, 2.45) is 0 Å². The van der Waals surface area contributed by atoms with Crippen molar-refractivity contribution in [2.45, 2.75) is 25.8 Å². The number of carbonyl (C=O) groups excluding carboxylic acids is 2. The smallest absolute Gasteiger partial charge is 0.313 e. The minimum Gasteiger partial charge on any atom is -0.345 e. The number of hydrogen-bond acceptors (Lipinski definition) is 2. The van der Waals surface area contributed by atoms with Gasteiger partial charge in [0.25, 0.3) is 0 Å². The Bertz CT molecular complexity index is 408. The summed E-state index contributed by atoms with van der Waals surface area (Å²) in [6.45, 7) is 1.96. The highest BCUT2D eigenvalue weighted by molar-refractivity contribution is 6.39. The number of anilines is 1. The normalized spacial score (nSPS) is 14.3. The van der Waals surface area contributed by atoms with E-state index in [4.69, 9.17) is 0 Å². The number of amides is 2. The van der Waals surface area contributed by atoms with Gasteiger partial charge in [-0.3, -0.25) is 9.59 Å². The van der Waals surface area contributed by atoms with Gasteiger partial charge >= 0.3 is 11.8 Å². The summed E-state index contributed by atoms with van der Waals surface area (Å²) < 4.78 is 0. The third-order valence-electron chi connectivity index (χ3n) is 2.43. The summed E-state index contributed by atoms with van der Waals surface area (Å²) in [6.07, 6.45) is 1.95. The second-order valence-corrected chi connectivity index (χ2v) is 4.07. The Morgan fingerprint density at radius 1 is 1.12 bits per heavy atom. The molecule has 0 bridgehead atoms. The third kappa shape index (κ3) is 2.82. The van der Waals surface area contributed by atoms with Gasteiger partial charge in [0.05, 0.1) is 0 Å². The standard InChI is InChI=1S/C12H14N2O2/c1-8-2-4-9(5-3-8)13-11(15)12(16)14-10-6-7-10/h2-5,10H,6-7H2,1H3,(H,13,15)(H,14,16). The fourth-order valence-corrected chi connectivity index (χ4v) is 1.30. The van der Waals surface area contributed by atoms with Gasteiger partial charge in [0.1, 0.15) is 0 Å². The maximum absolute atomic E-state index is 11.4. The molecular weight excluding hydrogens is 204 g/mol. The van der Waals surface area contributed by atoms with Crippen LogP contribution in [0.1, 0.15) is 18.4 Å². The molecule has 0 radical (unpaired) electrons. The molecule has 16 heavy (non-hydrogen) atoms. The SMILES string of the molecule is Cc1ccc(NC(=O)C(=O)NC2CC2)cc1. The van der Waals surface area contributed by atoms with Gasteiger partial charge in [-0.25, -0.2) is 0 Å². The summed E-state index contributed by atoms with van der Waals surface area (Å²) in [7, 11) is 0. The van der Waals surface area contributed by atoms with Crippen molar-refractivity contribution in [1.29, 1.82) is 0 Å². The summed E-state index contributed by atoms with van der Waals surface area (Å²) in [4.78, 5) is 22.8. The summed E-state index contributed by atoms with van der Waals surface area (Å²) in [5.74, 6) is -1.15. The summed E-state index contributed by atoms with van der Waals surface area (Å²) >= 11 is 0. The van der Waals surface area contributed by atoms with Crippen molar-refractivity contribution in [2.75, 3.05) is 5.32 Å². The Hall–Kier alpha value is -1.84. The van der Waals surface area contributed by atoms with E-state index in [1.165, 1.54) is 0 Å². The molecule has 1 aliphatic rings. The molecule has 0 unspecified atom stereocenters. The molecule has 0 atom stereocenters. The molecule has 4 nitrogen and oxygen atoms in total. The summed E-state index contributed by atoms with van der Waals surface area (Å²) in [5, 5.41) is 5.19. The summed E-state index contributed by atoms with van der Waals surface area (Å²) in [6, 6.07) is 7.52. The van der Waals surface area contributed by atoms with Gasteiger partial charge in [-0.1, -0.05) is 17.7 Å². The molecule has 4 heteroatoms. The molecule has 2 amide bonds. The minimum atomic E-state index is -0.601. The second kappa shape index (κ2) is 4.35. The van der Waals surface area contributed by atoms with Crippen LogP contribution < -0.4 is 10.6 Å². The van der Waals surface area contributed by atoms with Crippen molar-refractivity contribution in [3.63, 3.8) is 0 Å². The van der Waals surface area contributed by atoms with E-state index in [0.29, 0.717) is 5.69 Å². The molecule has 1 fully saturated rings. The van der Waals surface area contributed by atoms with Gasteiger partial charge in [-0.15, -0.1) is 0 Å². The predicted molar refractivity (Wildman–Crippen MR) is 61.0 cm³/mol. The molecule has 0 heterocycles. The fraction of sp³-hybridized carbons (Fsp3) is 0.333. The van der Waals surface area contributed by atoms with Crippen LogP contribution in [0.25, 0.3) is 0 Å². The highest BCUT2D eigenvalue weighted by atomic mass is 16.2. The van der Waals surface area contributed by atoms with Crippen molar-refractivity contribution in [1.82, 2.24) is 5.32 Å². The Labute approximate surface area is 94.0 Å². The molecule has 1 aromatic rings. The lowest BCUT2D eigenvalue weighted by Crippen LogP contribution is -2.36. The first kappa shape index (κ1) is 10.7. The van der Waals surface area contributed by atoms with E-state index in [1.807, 2.05) is 19.1 Å². The molecule has 1 aliphatic carbocycles. The molecule has 1 saturated carbocycles. The van der Waals surface area contributed by atoms with E-state index < -0.39 is 11.8 Å². The molecule has 1 aromatic carbocycles. The van der Waals surface area contributed by atoms with Crippen LogP contribution in [0.3, 0.4) is 0 Å². The highest BCUT2D eigenvalue weighted by Crippen LogP contribution is 2.18. The van der Waals surface area contributed by atoms with Crippen LogP contribution in [0.4, 0.5) is 5.69 Å². The van der Waals surface area contributed by atoms with Crippen LogP contribution in [-0.4, -0.2) is 17.9 Å². The zero-order chi connectivity index (χ0) is 11.5. The van der Waals surface area contributed by atoms with E-state index >= 15 is 0 Å². The van der Waals surface area contributed by atoms with Crippen LogP contribution >= 0.6 is 0 Å². The van der Waals surface area contributed by atoms with Crippen LogP contribution in [0.5, 0.6) is 0 Å². The van der Waals surface area contributed by atoms with Gasteiger partial charge in [-0.2, -0.15) is 0 Å². The van der Waals surface area contributed by atoms with Crippen molar-refractivity contribution >= 4 is 17.5 Å².